The van der Waals surface area contributed by atoms with Gasteiger partial charge in [0.25, 0.3) is 5.91 Å². The van der Waals surface area contributed by atoms with Crippen LogP contribution in [0, 0.1) is 6.92 Å². The summed E-state index contributed by atoms with van der Waals surface area (Å²) in [6.45, 7) is 5.29. The van der Waals surface area contributed by atoms with Gasteiger partial charge in [0, 0.05) is 5.56 Å². The molecule has 0 spiro atoms. The van der Waals surface area contributed by atoms with Gasteiger partial charge in [-0.25, -0.2) is 4.79 Å². The predicted octanol–water partition coefficient (Wildman–Crippen LogP) is 1.41. The number of carbonyl (C=O) groups excluding carboxylic acids is 2. The van der Waals surface area contributed by atoms with E-state index in [1.807, 2.05) is 13.0 Å². The van der Waals surface area contributed by atoms with Crippen LogP contribution in [-0.4, -0.2) is 19.0 Å². The van der Waals surface area contributed by atoms with Crippen LogP contribution < -0.4 is 5.32 Å². The number of hydrogen-bond acceptors (Lipinski definition) is 3. The Hall–Kier alpha value is -2.10. The van der Waals surface area contributed by atoms with Gasteiger partial charge in [-0.3, -0.25) is 4.79 Å². The quantitative estimate of drug-likeness (QED) is 0.617. The smallest absolute Gasteiger partial charge is 0.353 e. The number of hydrogen-bond donors (Lipinski definition) is 1. The summed E-state index contributed by atoms with van der Waals surface area (Å²) in [7, 11) is 1.23. The van der Waals surface area contributed by atoms with Crippen molar-refractivity contribution >= 4 is 11.9 Å². The van der Waals surface area contributed by atoms with Crippen LogP contribution in [0.1, 0.15) is 15.9 Å². The number of ether oxygens (including phenoxy) is 1. The molecule has 0 bridgehead atoms. The van der Waals surface area contributed by atoms with Gasteiger partial charge in [0.2, 0.25) is 0 Å². The fourth-order valence-electron chi connectivity index (χ4n) is 1.17. The fraction of sp³-hybridized carbons (Fsp3) is 0.167. The molecule has 0 radical (unpaired) electrons. The molecular weight excluding hydrogens is 206 g/mol. The molecule has 1 amide bonds. The molecule has 0 saturated heterocycles. The first-order chi connectivity index (χ1) is 7.54. The summed E-state index contributed by atoms with van der Waals surface area (Å²) >= 11 is 0. The van der Waals surface area contributed by atoms with Crippen molar-refractivity contribution in [3.8, 4) is 0 Å². The van der Waals surface area contributed by atoms with E-state index in [0.29, 0.717) is 5.56 Å². The molecule has 0 unspecified atom stereocenters. The Morgan fingerprint density at radius 2 is 2.06 bits per heavy atom. The van der Waals surface area contributed by atoms with Crippen molar-refractivity contribution in [3.05, 3.63) is 47.7 Å². The van der Waals surface area contributed by atoms with Crippen molar-refractivity contribution < 1.29 is 14.3 Å². The zero-order valence-corrected chi connectivity index (χ0v) is 9.24. The standard InChI is InChI=1S/C12H13NO3/c1-8-5-4-6-10(7-8)11(14)13-9(2)12(15)16-3/h4-7H,2H2,1,3H3,(H,13,14). The average Bonchev–Trinajstić information content (AvgIpc) is 2.27. The van der Waals surface area contributed by atoms with Gasteiger partial charge in [-0.1, -0.05) is 24.3 Å². The van der Waals surface area contributed by atoms with Crippen LogP contribution in [0.5, 0.6) is 0 Å². The van der Waals surface area contributed by atoms with Crippen molar-refractivity contribution in [2.75, 3.05) is 7.11 Å². The highest BCUT2D eigenvalue weighted by Crippen LogP contribution is 2.04. The Bertz CT molecular complexity index is 438. The van der Waals surface area contributed by atoms with E-state index in [-0.39, 0.29) is 11.6 Å². The molecule has 0 fully saturated rings. The first-order valence-corrected chi connectivity index (χ1v) is 4.70. The maximum Gasteiger partial charge on any atom is 0.353 e. The second-order valence-corrected chi connectivity index (χ2v) is 3.29. The van der Waals surface area contributed by atoms with Crippen molar-refractivity contribution in [2.45, 2.75) is 6.92 Å². The number of aryl methyl sites for hydroxylation is 1. The van der Waals surface area contributed by atoms with Crippen molar-refractivity contribution in [3.63, 3.8) is 0 Å². The van der Waals surface area contributed by atoms with Crippen LogP contribution in [0.25, 0.3) is 0 Å². The van der Waals surface area contributed by atoms with Crippen LogP contribution in [0.3, 0.4) is 0 Å². The summed E-state index contributed by atoms with van der Waals surface area (Å²) in [5.74, 6) is -1.03. The molecule has 0 aromatic heterocycles. The van der Waals surface area contributed by atoms with E-state index < -0.39 is 5.97 Å². The summed E-state index contributed by atoms with van der Waals surface area (Å²) < 4.78 is 4.42. The van der Waals surface area contributed by atoms with Crippen LogP contribution in [0.2, 0.25) is 0 Å². The first kappa shape index (κ1) is 12.0. The molecule has 0 aliphatic rings. The van der Waals surface area contributed by atoms with Gasteiger partial charge >= 0.3 is 5.97 Å². The molecule has 16 heavy (non-hydrogen) atoms. The lowest BCUT2D eigenvalue weighted by molar-refractivity contribution is -0.136. The number of carbonyl (C=O) groups is 2. The molecule has 1 aromatic rings. The molecule has 0 atom stereocenters. The fourth-order valence-corrected chi connectivity index (χ4v) is 1.17. The third kappa shape index (κ3) is 2.95. The van der Waals surface area contributed by atoms with Crippen LogP contribution in [-0.2, 0) is 9.53 Å². The van der Waals surface area contributed by atoms with E-state index in [1.54, 1.807) is 18.2 Å². The highest BCUT2D eigenvalue weighted by atomic mass is 16.5. The normalized spacial score (nSPS) is 9.38. The van der Waals surface area contributed by atoms with E-state index in [2.05, 4.69) is 16.6 Å². The molecule has 4 heteroatoms. The second-order valence-electron chi connectivity index (χ2n) is 3.29. The molecule has 1 rings (SSSR count). The van der Waals surface area contributed by atoms with E-state index in [4.69, 9.17) is 0 Å². The average molecular weight is 219 g/mol. The van der Waals surface area contributed by atoms with Crippen LogP contribution in [0.15, 0.2) is 36.5 Å². The molecule has 1 aromatic carbocycles. The number of methoxy groups -OCH3 is 1. The number of esters is 1. The zero-order valence-electron chi connectivity index (χ0n) is 9.24. The third-order valence-electron chi connectivity index (χ3n) is 1.98. The highest BCUT2D eigenvalue weighted by molar-refractivity contribution is 6.00. The predicted molar refractivity (Wildman–Crippen MR) is 59.8 cm³/mol. The van der Waals surface area contributed by atoms with Crippen molar-refractivity contribution in [1.82, 2.24) is 5.32 Å². The molecular formula is C12H13NO3. The monoisotopic (exact) mass is 219 g/mol. The van der Waals surface area contributed by atoms with E-state index in [9.17, 15) is 9.59 Å². The van der Waals surface area contributed by atoms with Gasteiger partial charge in [-0.2, -0.15) is 0 Å². The summed E-state index contributed by atoms with van der Waals surface area (Å²) in [5, 5.41) is 2.37. The molecule has 84 valence electrons. The van der Waals surface area contributed by atoms with Gasteiger partial charge in [0.05, 0.1) is 7.11 Å². The Labute approximate surface area is 93.9 Å². The topological polar surface area (TPSA) is 55.4 Å². The van der Waals surface area contributed by atoms with Crippen LogP contribution >= 0.6 is 0 Å². The lowest BCUT2D eigenvalue weighted by Gasteiger charge is -2.06. The molecule has 4 nitrogen and oxygen atoms in total. The molecule has 1 N–H and O–H groups in total. The summed E-state index contributed by atoms with van der Waals surface area (Å²) in [6.07, 6.45) is 0. The van der Waals surface area contributed by atoms with Crippen LogP contribution in [0.4, 0.5) is 0 Å². The first-order valence-electron chi connectivity index (χ1n) is 4.70. The number of rotatable bonds is 3. The second kappa shape index (κ2) is 5.11. The highest BCUT2D eigenvalue weighted by Gasteiger charge is 2.11. The van der Waals surface area contributed by atoms with E-state index >= 15 is 0 Å². The third-order valence-corrected chi connectivity index (χ3v) is 1.98. The van der Waals surface area contributed by atoms with Gasteiger partial charge in [-0.15, -0.1) is 0 Å². The Morgan fingerprint density at radius 3 is 2.62 bits per heavy atom. The minimum absolute atomic E-state index is 0.0750. The summed E-state index contributed by atoms with van der Waals surface area (Å²) in [6, 6.07) is 7.03. The molecule has 0 heterocycles. The summed E-state index contributed by atoms with van der Waals surface area (Å²) in [5.41, 5.74) is 1.37. The van der Waals surface area contributed by atoms with Crippen molar-refractivity contribution in [1.29, 1.82) is 0 Å². The molecule has 0 aliphatic heterocycles. The number of nitrogens with one attached hydrogen (secondary N) is 1. The number of amides is 1. The maximum atomic E-state index is 11.6. The van der Waals surface area contributed by atoms with Gasteiger partial charge < -0.3 is 10.1 Å². The number of benzene rings is 1. The van der Waals surface area contributed by atoms with Crippen molar-refractivity contribution in [2.24, 2.45) is 0 Å². The Balaban J connectivity index is 2.73. The lowest BCUT2D eigenvalue weighted by atomic mass is 10.1. The minimum atomic E-state index is -0.652. The minimum Gasteiger partial charge on any atom is -0.464 e. The zero-order chi connectivity index (χ0) is 12.1. The maximum absolute atomic E-state index is 11.6. The molecule has 0 aliphatic carbocycles. The van der Waals surface area contributed by atoms with Gasteiger partial charge in [-0.05, 0) is 19.1 Å². The SMILES string of the molecule is C=C(NC(=O)c1cccc(C)c1)C(=O)OC. The van der Waals surface area contributed by atoms with E-state index in [0.717, 1.165) is 5.56 Å². The lowest BCUT2D eigenvalue weighted by Crippen LogP contribution is -2.27. The largest absolute Gasteiger partial charge is 0.464 e. The Morgan fingerprint density at radius 1 is 1.38 bits per heavy atom. The summed E-state index contributed by atoms with van der Waals surface area (Å²) in [4.78, 5) is 22.7. The van der Waals surface area contributed by atoms with Gasteiger partial charge in [0.1, 0.15) is 5.70 Å². The van der Waals surface area contributed by atoms with E-state index in [1.165, 1.54) is 7.11 Å². The molecule has 0 saturated carbocycles. The van der Waals surface area contributed by atoms with Gasteiger partial charge in [0.15, 0.2) is 0 Å². The Kier molecular flexibility index (Phi) is 3.83.